The molecule has 0 atom stereocenters. The largest absolute Gasteiger partial charge is 0.494 e. The molecule has 6 nitrogen and oxygen atoms in total. The SMILES string of the molecule is CCOc1ccc(CN(C)C(=O)Nc2ccc(C(=O)N3CCCCCC3)cc2)cc1. The number of carbonyl (C=O) groups excluding carboxylic acids is 2. The Kier molecular flexibility index (Phi) is 7.71. The number of carbonyl (C=O) groups is 2. The fourth-order valence-electron chi connectivity index (χ4n) is 3.57. The summed E-state index contributed by atoms with van der Waals surface area (Å²) in [7, 11) is 1.75. The lowest BCUT2D eigenvalue weighted by molar-refractivity contribution is 0.0761. The lowest BCUT2D eigenvalue weighted by atomic mass is 10.1. The van der Waals surface area contributed by atoms with Crippen molar-refractivity contribution in [2.45, 2.75) is 39.2 Å². The van der Waals surface area contributed by atoms with Crippen LogP contribution in [0.15, 0.2) is 48.5 Å². The van der Waals surface area contributed by atoms with Gasteiger partial charge in [0.25, 0.3) is 5.91 Å². The number of ether oxygens (including phenoxy) is 1. The molecule has 1 N–H and O–H groups in total. The predicted octanol–water partition coefficient (Wildman–Crippen LogP) is 4.77. The Bertz CT molecular complexity index is 826. The second-order valence-electron chi connectivity index (χ2n) is 7.65. The Morgan fingerprint density at radius 3 is 2.20 bits per heavy atom. The van der Waals surface area contributed by atoms with Gasteiger partial charge >= 0.3 is 6.03 Å². The Hall–Kier alpha value is -3.02. The van der Waals surface area contributed by atoms with Gasteiger partial charge in [-0.3, -0.25) is 4.79 Å². The molecular weight excluding hydrogens is 378 g/mol. The molecule has 3 amide bonds. The van der Waals surface area contributed by atoms with Crippen molar-refractivity contribution in [1.29, 1.82) is 0 Å². The molecule has 0 unspecified atom stereocenters. The molecule has 1 fully saturated rings. The van der Waals surface area contributed by atoms with Crippen LogP contribution in [-0.2, 0) is 6.54 Å². The summed E-state index contributed by atoms with van der Waals surface area (Å²) in [5.41, 5.74) is 2.36. The van der Waals surface area contributed by atoms with Crippen LogP contribution in [0.4, 0.5) is 10.5 Å². The molecule has 30 heavy (non-hydrogen) atoms. The van der Waals surface area contributed by atoms with Crippen molar-refractivity contribution in [2.24, 2.45) is 0 Å². The van der Waals surface area contributed by atoms with E-state index in [4.69, 9.17) is 4.74 Å². The molecule has 2 aromatic carbocycles. The maximum atomic E-state index is 12.7. The molecule has 0 aromatic heterocycles. The van der Waals surface area contributed by atoms with E-state index >= 15 is 0 Å². The average Bonchev–Trinajstić information content (AvgIpc) is 3.05. The van der Waals surface area contributed by atoms with Crippen molar-refractivity contribution in [3.05, 3.63) is 59.7 Å². The monoisotopic (exact) mass is 409 g/mol. The van der Waals surface area contributed by atoms with Gasteiger partial charge in [0.2, 0.25) is 0 Å². The van der Waals surface area contributed by atoms with Gasteiger partial charge in [0.15, 0.2) is 0 Å². The summed E-state index contributed by atoms with van der Waals surface area (Å²) >= 11 is 0. The van der Waals surface area contributed by atoms with Crippen molar-refractivity contribution in [3.8, 4) is 5.75 Å². The van der Waals surface area contributed by atoms with Gasteiger partial charge < -0.3 is 19.9 Å². The summed E-state index contributed by atoms with van der Waals surface area (Å²) in [6.07, 6.45) is 4.53. The molecule has 0 aliphatic carbocycles. The summed E-state index contributed by atoms with van der Waals surface area (Å²) in [6, 6.07) is 14.7. The van der Waals surface area contributed by atoms with E-state index in [0.717, 1.165) is 37.2 Å². The second kappa shape index (κ2) is 10.7. The van der Waals surface area contributed by atoms with Crippen molar-refractivity contribution >= 4 is 17.6 Å². The molecule has 1 heterocycles. The van der Waals surface area contributed by atoms with Crippen molar-refractivity contribution in [3.63, 3.8) is 0 Å². The third-order valence-electron chi connectivity index (χ3n) is 5.28. The first-order valence-corrected chi connectivity index (χ1v) is 10.7. The van der Waals surface area contributed by atoms with Crippen LogP contribution in [-0.4, -0.2) is 48.5 Å². The van der Waals surface area contributed by atoms with Crippen LogP contribution in [0.3, 0.4) is 0 Å². The number of rotatable bonds is 6. The number of amides is 3. The molecule has 3 rings (SSSR count). The summed E-state index contributed by atoms with van der Waals surface area (Å²) in [5.74, 6) is 0.894. The van der Waals surface area contributed by atoms with Crippen LogP contribution in [0.1, 0.15) is 48.5 Å². The van der Waals surface area contributed by atoms with Crippen LogP contribution >= 0.6 is 0 Å². The summed E-state index contributed by atoms with van der Waals surface area (Å²) < 4.78 is 5.44. The Balaban J connectivity index is 1.53. The van der Waals surface area contributed by atoms with Gasteiger partial charge in [-0.1, -0.05) is 25.0 Å². The zero-order valence-electron chi connectivity index (χ0n) is 17.9. The third-order valence-corrected chi connectivity index (χ3v) is 5.28. The third kappa shape index (κ3) is 5.99. The molecule has 1 aliphatic heterocycles. The highest BCUT2D eigenvalue weighted by atomic mass is 16.5. The molecule has 0 spiro atoms. The van der Waals surface area contributed by atoms with Gasteiger partial charge in [-0.05, 0) is 61.7 Å². The van der Waals surface area contributed by atoms with Crippen LogP contribution in [0.5, 0.6) is 5.75 Å². The maximum Gasteiger partial charge on any atom is 0.321 e. The summed E-state index contributed by atoms with van der Waals surface area (Å²) in [6.45, 7) is 4.72. The zero-order valence-corrected chi connectivity index (χ0v) is 17.9. The minimum Gasteiger partial charge on any atom is -0.494 e. The lowest BCUT2D eigenvalue weighted by Crippen LogP contribution is -2.32. The fraction of sp³-hybridized carbons (Fsp3) is 0.417. The quantitative estimate of drug-likeness (QED) is 0.748. The zero-order chi connectivity index (χ0) is 21.3. The van der Waals surface area contributed by atoms with Crippen molar-refractivity contribution < 1.29 is 14.3 Å². The molecule has 0 radical (unpaired) electrons. The average molecular weight is 410 g/mol. The first-order valence-electron chi connectivity index (χ1n) is 10.7. The number of urea groups is 1. The van der Waals surface area contributed by atoms with Crippen LogP contribution in [0, 0.1) is 0 Å². The van der Waals surface area contributed by atoms with Crippen molar-refractivity contribution in [2.75, 3.05) is 32.1 Å². The van der Waals surface area contributed by atoms with E-state index < -0.39 is 0 Å². The number of hydrogen-bond donors (Lipinski definition) is 1. The first kappa shape index (κ1) is 21.7. The lowest BCUT2D eigenvalue weighted by Gasteiger charge is -2.21. The Morgan fingerprint density at radius 2 is 1.60 bits per heavy atom. The van der Waals surface area contributed by atoms with Gasteiger partial charge in [-0.15, -0.1) is 0 Å². The highest BCUT2D eigenvalue weighted by molar-refractivity contribution is 5.95. The molecular formula is C24H31N3O3. The smallest absolute Gasteiger partial charge is 0.321 e. The number of nitrogens with zero attached hydrogens (tertiary/aromatic N) is 2. The van der Waals surface area contributed by atoms with E-state index in [1.165, 1.54) is 12.8 Å². The van der Waals surface area contributed by atoms with E-state index in [1.54, 1.807) is 36.2 Å². The maximum absolute atomic E-state index is 12.7. The van der Waals surface area contributed by atoms with Gasteiger partial charge in [-0.2, -0.15) is 0 Å². The highest BCUT2D eigenvalue weighted by Crippen LogP contribution is 2.17. The van der Waals surface area contributed by atoms with E-state index in [1.807, 2.05) is 36.1 Å². The summed E-state index contributed by atoms with van der Waals surface area (Å²) in [4.78, 5) is 28.7. The molecule has 160 valence electrons. The molecule has 1 aliphatic rings. The molecule has 0 bridgehead atoms. The van der Waals surface area contributed by atoms with Gasteiger partial charge in [0.05, 0.1) is 6.61 Å². The van der Waals surface area contributed by atoms with Gasteiger partial charge in [0, 0.05) is 37.9 Å². The fourth-order valence-corrected chi connectivity index (χ4v) is 3.57. The van der Waals surface area contributed by atoms with Crippen LogP contribution in [0.25, 0.3) is 0 Å². The minimum absolute atomic E-state index is 0.0717. The number of likely N-dealkylation sites (tertiary alicyclic amines) is 1. The van der Waals surface area contributed by atoms with Crippen LogP contribution in [0.2, 0.25) is 0 Å². The second-order valence-corrected chi connectivity index (χ2v) is 7.65. The number of benzene rings is 2. The molecule has 0 saturated carbocycles. The van der Waals surface area contributed by atoms with E-state index in [2.05, 4.69) is 5.32 Å². The van der Waals surface area contributed by atoms with Crippen molar-refractivity contribution in [1.82, 2.24) is 9.80 Å². The molecule has 1 saturated heterocycles. The molecule has 6 heteroatoms. The van der Waals surface area contributed by atoms with Gasteiger partial charge in [0.1, 0.15) is 5.75 Å². The number of hydrogen-bond acceptors (Lipinski definition) is 3. The van der Waals surface area contributed by atoms with E-state index in [9.17, 15) is 9.59 Å². The molecule has 2 aromatic rings. The first-order chi connectivity index (χ1) is 14.6. The number of nitrogens with one attached hydrogen (secondary N) is 1. The topological polar surface area (TPSA) is 61.9 Å². The standard InChI is InChI=1S/C24H31N3O3/c1-3-30-22-14-8-19(9-15-22)18-26(2)24(29)25-21-12-10-20(11-13-21)23(28)27-16-6-4-5-7-17-27/h8-15H,3-7,16-18H2,1-2H3,(H,25,29). The van der Waals surface area contributed by atoms with Gasteiger partial charge in [-0.25, -0.2) is 4.79 Å². The minimum atomic E-state index is -0.199. The highest BCUT2D eigenvalue weighted by Gasteiger charge is 2.17. The van der Waals surface area contributed by atoms with E-state index in [-0.39, 0.29) is 11.9 Å². The van der Waals surface area contributed by atoms with E-state index in [0.29, 0.717) is 24.4 Å². The Morgan fingerprint density at radius 1 is 0.967 bits per heavy atom. The van der Waals surface area contributed by atoms with Crippen LogP contribution < -0.4 is 10.1 Å². The summed E-state index contributed by atoms with van der Waals surface area (Å²) in [5, 5.41) is 2.89. The Labute approximate surface area is 178 Å². The normalized spacial score (nSPS) is 14.0. The number of anilines is 1. The predicted molar refractivity (Wildman–Crippen MR) is 119 cm³/mol.